The van der Waals surface area contributed by atoms with E-state index in [-0.39, 0.29) is 11.9 Å². The van der Waals surface area contributed by atoms with Crippen molar-refractivity contribution in [3.05, 3.63) is 29.3 Å². The number of benzene rings is 1. The van der Waals surface area contributed by atoms with Crippen LogP contribution in [-0.2, 0) is 11.2 Å². The maximum atomic E-state index is 11.1. The van der Waals surface area contributed by atoms with E-state index in [1.807, 2.05) is 13.8 Å². The molecule has 0 aliphatic heterocycles. The quantitative estimate of drug-likeness (QED) is 0.774. The van der Waals surface area contributed by atoms with Crippen molar-refractivity contribution < 1.29 is 19.4 Å². The van der Waals surface area contributed by atoms with Gasteiger partial charge in [-0.15, -0.1) is 0 Å². The van der Waals surface area contributed by atoms with E-state index >= 15 is 0 Å². The first-order valence-electron chi connectivity index (χ1n) is 5.73. The Balaban J connectivity index is 2.99. The monoisotopic (exact) mass is 238 g/mol. The van der Waals surface area contributed by atoms with Crippen LogP contribution >= 0.6 is 0 Å². The SMILES string of the molecule is CCOC(C)Oc1cccc(C(=O)O)c1CC. The molecule has 94 valence electrons. The second-order valence-corrected chi connectivity index (χ2v) is 3.58. The normalized spacial score (nSPS) is 12.2. The summed E-state index contributed by atoms with van der Waals surface area (Å²) in [7, 11) is 0. The molecule has 0 saturated carbocycles. The summed E-state index contributed by atoms with van der Waals surface area (Å²) in [5.74, 6) is -0.357. The molecule has 1 unspecified atom stereocenters. The molecule has 0 heterocycles. The summed E-state index contributed by atoms with van der Waals surface area (Å²) in [4.78, 5) is 11.1. The third-order valence-electron chi connectivity index (χ3n) is 2.41. The molecular weight excluding hydrogens is 220 g/mol. The summed E-state index contributed by atoms with van der Waals surface area (Å²) in [6.07, 6.45) is 0.228. The van der Waals surface area contributed by atoms with Crippen molar-refractivity contribution in [2.24, 2.45) is 0 Å². The van der Waals surface area contributed by atoms with E-state index in [0.717, 1.165) is 0 Å². The minimum atomic E-state index is -0.934. The molecule has 17 heavy (non-hydrogen) atoms. The first-order valence-corrected chi connectivity index (χ1v) is 5.73. The summed E-state index contributed by atoms with van der Waals surface area (Å²) in [5.41, 5.74) is 0.986. The largest absolute Gasteiger partial charge is 0.478 e. The predicted octanol–water partition coefficient (Wildman–Crippen LogP) is 2.71. The van der Waals surface area contributed by atoms with Gasteiger partial charge in [0, 0.05) is 12.2 Å². The second-order valence-electron chi connectivity index (χ2n) is 3.58. The van der Waals surface area contributed by atoms with Gasteiger partial charge >= 0.3 is 5.97 Å². The maximum Gasteiger partial charge on any atom is 0.336 e. The standard InChI is InChI=1S/C13H18O4/c1-4-10-11(13(14)15)7-6-8-12(10)17-9(3)16-5-2/h6-9H,4-5H2,1-3H3,(H,14,15). The third kappa shape index (κ3) is 3.46. The van der Waals surface area contributed by atoms with Crippen molar-refractivity contribution in [2.75, 3.05) is 6.61 Å². The molecule has 1 rings (SSSR count). The van der Waals surface area contributed by atoms with Gasteiger partial charge < -0.3 is 14.6 Å². The van der Waals surface area contributed by atoms with Gasteiger partial charge in [-0.1, -0.05) is 13.0 Å². The van der Waals surface area contributed by atoms with Crippen LogP contribution in [0, 0.1) is 0 Å². The highest BCUT2D eigenvalue weighted by atomic mass is 16.7. The van der Waals surface area contributed by atoms with Crippen LogP contribution in [0.3, 0.4) is 0 Å². The molecule has 0 spiro atoms. The first-order chi connectivity index (χ1) is 8.10. The molecule has 1 N–H and O–H groups in total. The predicted molar refractivity (Wildman–Crippen MR) is 64.5 cm³/mol. The number of rotatable bonds is 6. The van der Waals surface area contributed by atoms with Crippen molar-refractivity contribution >= 4 is 5.97 Å². The van der Waals surface area contributed by atoms with Crippen molar-refractivity contribution in [3.63, 3.8) is 0 Å². The summed E-state index contributed by atoms with van der Waals surface area (Å²) >= 11 is 0. The van der Waals surface area contributed by atoms with Crippen LogP contribution in [0.5, 0.6) is 5.75 Å². The average Bonchev–Trinajstić information content (AvgIpc) is 2.28. The number of aromatic carboxylic acids is 1. The van der Waals surface area contributed by atoms with E-state index < -0.39 is 5.97 Å². The number of carbonyl (C=O) groups is 1. The van der Waals surface area contributed by atoms with Crippen molar-refractivity contribution in [1.29, 1.82) is 0 Å². The Hall–Kier alpha value is -1.55. The number of carboxylic acids is 1. The van der Waals surface area contributed by atoms with Gasteiger partial charge in [0.15, 0.2) is 6.29 Å². The zero-order valence-corrected chi connectivity index (χ0v) is 10.4. The Morgan fingerprint density at radius 3 is 2.65 bits per heavy atom. The molecule has 4 heteroatoms. The fraction of sp³-hybridized carbons (Fsp3) is 0.462. The van der Waals surface area contributed by atoms with E-state index in [1.54, 1.807) is 25.1 Å². The highest BCUT2D eigenvalue weighted by Crippen LogP contribution is 2.24. The molecule has 0 aliphatic carbocycles. The molecule has 0 aromatic heterocycles. The van der Waals surface area contributed by atoms with Crippen LogP contribution in [0.1, 0.15) is 36.7 Å². The molecule has 4 nitrogen and oxygen atoms in total. The fourth-order valence-electron chi connectivity index (χ4n) is 1.69. The topological polar surface area (TPSA) is 55.8 Å². The molecule has 0 fully saturated rings. The molecule has 1 atom stereocenters. The van der Waals surface area contributed by atoms with Crippen LogP contribution in [0.15, 0.2) is 18.2 Å². The summed E-state index contributed by atoms with van der Waals surface area (Å²) in [6.45, 7) is 6.13. The highest BCUT2D eigenvalue weighted by molar-refractivity contribution is 5.90. The van der Waals surface area contributed by atoms with Gasteiger partial charge in [-0.3, -0.25) is 0 Å². The van der Waals surface area contributed by atoms with E-state index in [9.17, 15) is 4.79 Å². The first kappa shape index (κ1) is 13.5. The fourth-order valence-corrected chi connectivity index (χ4v) is 1.69. The van der Waals surface area contributed by atoms with Gasteiger partial charge in [0.05, 0.1) is 5.56 Å². The molecule has 0 amide bonds. The maximum absolute atomic E-state index is 11.1. The lowest BCUT2D eigenvalue weighted by Crippen LogP contribution is -2.17. The van der Waals surface area contributed by atoms with Crippen LogP contribution in [0.25, 0.3) is 0 Å². The zero-order chi connectivity index (χ0) is 12.8. The summed E-state index contributed by atoms with van der Waals surface area (Å²) < 4.78 is 10.9. The molecule has 0 aliphatic rings. The van der Waals surface area contributed by atoms with E-state index in [1.165, 1.54) is 0 Å². The van der Waals surface area contributed by atoms with E-state index in [2.05, 4.69) is 0 Å². The van der Waals surface area contributed by atoms with Gasteiger partial charge in [-0.25, -0.2) is 4.79 Å². The molecular formula is C13H18O4. The zero-order valence-electron chi connectivity index (χ0n) is 10.4. The van der Waals surface area contributed by atoms with E-state index in [0.29, 0.717) is 24.3 Å². The Labute approximate surface area is 101 Å². The van der Waals surface area contributed by atoms with Crippen molar-refractivity contribution in [1.82, 2.24) is 0 Å². The third-order valence-corrected chi connectivity index (χ3v) is 2.41. The smallest absolute Gasteiger partial charge is 0.336 e. The Morgan fingerprint density at radius 2 is 2.12 bits per heavy atom. The molecule has 0 bridgehead atoms. The number of hydrogen-bond acceptors (Lipinski definition) is 3. The number of carboxylic acid groups (broad SMARTS) is 1. The highest BCUT2D eigenvalue weighted by Gasteiger charge is 2.14. The number of ether oxygens (including phenoxy) is 2. The van der Waals surface area contributed by atoms with E-state index in [4.69, 9.17) is 14.6 Å². The minimum Gasteiger partial charge on any atom is -0.478 e. The second kappa shape index (κ2) is 6.25. The van der Waals surface area contributed by atoms with Gasteiger partial charge in [-0.05, 0) is 32.4 Å². The van der Waals surface area contributed by atoms with Crippen LogP contribution in [-0.4, -0.2) is 24.0 Å². The van der Waals surface area contributed by atoms with Crippen LogP contribution in [0.2, 0.25) is 0 Å². The van der Waals surface area contributed by atoms with Crippen LogP contribution in [0.4, 0.5) is 0 Å². The van der Waals surface area contributed by atoms with Gasteiger partial charge in [-0.2, -0.15) is 0 Å². The number of hydrogen-bond donors (Lipinski definition) is 1. The lowest BCUT2D eigenvalue weighted by molar-refractivity contribution is -0.0618. The lowest BCUT2D eigenvalue weighted by atomic mass is 10.0. The minimum absolute atomic E-state index is 0.286. The summed E-state index contributed by atoms with van der Waals surface area (Å²) in [6, 6.07) is 5.02. The lowest BCUT2D eigenvalue weighted by Gasteiger charge is -2.17. The Morgan fingerprint density at radius 1 is 1.41 bits per heavy atom. The van der Waals surface area contributed by atoms with Crippen LogP contribution < -0.4 is 4.74 Å². The molecule has 0 radical (unpaired) electrons. The molecule has 1 aromatic carbocycles. The molecule has 1 aromatic rings. The average molecular weight is 238 g/mol. The van der Waals surface area contributed by atoms with Gasteiger partial charge in [0.2, 0.25) is 0 Å². The van der Waals surface area contributed by atoms with Crippen molar-refractivity contribution in [3.8, 4) is 5.75 Å². The van der Waals surface area contributed by atoms with Gasteiger partial charge in [0.25, 0.3) is 0 Å². The van der Waals surface area contributed by atoms with Crippen molar-refractivity contribution in [2.45, 2.75) is 33.5 Å². The molecule has 0 saturated heterocycles. The summed E-state index contributed by atoms with van der Waals surface area (Å²) in [5, 5.41) is 9.07. The Kier molecular flexibility index (Phi) is 4.97. The van der Waals surface area contributed by atoms with Gasteiger partial charge in [0.1, 0.15) is 5.75 Å². The Bertz CT molecular complexity index is 387.